The maximum absolute atomic E-state index is 7.12. The van der Waals surface area contributed by atoms with Gasteiger partial charge in [0.05, 0.1) is 5.41 Å². The van der Waals surface area contributed by atoms with E-state index in [1.54, 1.807) is 0 Å². The van der Waals surface area contributed by atoms with E-state index in [1.165, 1.54) is 66.6 Å². The summed E-state index contributed by atoms with van der Waals surface area (Å²) in [4.78, 5) is 0. The van der Waals surface area contributed by atoms with Gasteiger partial charge in [0.25, 0.3) is 0 Å². The standard InChI is InChI=1S/C39H37ClN2/c1-38(2)33(41-31-21-17-25-11-6-8-15-29(25)35(31)38)23-19-27-13-10-14-28(37(27)40)20-24-34-39(3,4)36-30-16-9-7-12-26(30)18-22-32(36)42(34)5/h6-9,11-12,15-24H,10,13-14H2,1-5H3/p+1. The Bertz CT molecular complexity index is 1940. The number of anilines is 1. The Morgan fingerprint density at radius 3 is 2.14 bits per heavy atom. The van der Waals surface area contributed by atoms with Gasteiger partial charge in [-0.3, -0.25) is 0 Å². The first-order chi connectivity index (χ1) is 20.2. The molecule has 7 rings (SSSR count). The van der Waals surface area contributed by atoms with Crippen molar-refractivity contribution in [3.8, 4) is 0 Å². The average molecular weight is 570 g/mol. The van der Waals surface area contributed by atoms with Crippen molar-refractivity contribution in [2.24, 2.45) is 0 Å². The fourth-order valence-corrected chi connectivity index (χ4v) is 7.82. The molecular weight excluding hydrogens is 532 g/mol. The smallest absolute Gasteiger partial charge is 0.210 e. The van der Waals surface area contributed by atoms with Crippen LogP contribution in [0.4, 0.5) is 11.4 Å². The van der Waals surface area contributed by atoms with Crippen LogP contribution in [-0.2, 0) is 10.8 Å². The lowest BCUT2D eigenvalue weighted by Crippen LogP contribution is -2.27. The zero-order chi connectivity index (χ0) is 29.2. The maximum Gasteiger partial charge on any atom is 0.210 e. The molecule has 210 valence electrons. The Hall–Kier alpha value is -3.88. The van der Waals surface area contributed by atoms with Gasteiger partial charge in [-0.25, -0.2) is 0 Å². The zero-order valence-electron chi connectivity index (χ0n) is 25.2. The van der Waals surface area contributed by atoms with Crippen LogP contribution >= 0.6 is 11.6 Å². The Morgan fingerprint density at radius 2 is 1.40 bits per heavy atom. The summed E-state index contributed by atoms with van der Waals surface area (Å²) in [5, 5.41) is 9.84. The lowest BCUT2D eigenvalue weighted by atomic mass is 9.79. The summed E-state index contributed by atoms with van der Waals surface area (Å²) in [5.41, 5.74) is 9.98. The minimum absolute atomic E-state index is 0.106. The summed E-state index contributed by atoms with van der Waals surface area (Å²) >= 11 is 7.12. The highest BCUT2D eigenvalue weighted by Gasteiger charge is 2.44. The van der Waals surface area contributed by atoms with Gasteiger partial charge in [0.15, 0.2) is 5.71 Å². The second-order valence-corrected chi connectivity index (χ2v) is 13.4. The van der Waals surface area contributed by atoms with Crippen molar-refractivity contribution in [2.45, 2.75) is 57.8 Å². The summed E-state index contributed by atoms with van der Waals surface area (Å²) in [7, 11) is 2.19. The normalized spacial score (nSPS) is 21.2. The molecule has 1 aliphatic carbocycles. The third kappa shape index (κ3) is 4.11. The first-order valence-electron chi connectivity index (χ1n) is 15.1. The quantitative estimate of drug-likeness (QED) is 0.242. The zero-order valence-corrected chi connectivity index (χ0v) is 25.9. The van der Waals surface area contributed by atoms with E-state index in [9.17, 15) is 0 Å². The lowest BCUT2D eigenvalue weighted by molar-refractivity contribution is -0.401. The van der Waals surface area contributed by atoms with E-state index in [1.807, 2.05) is 0 Å². The van der Waals surface area contributed by atoms with Crippen molar-refractivity contribution in [1.29, 1.82) is 0 Å². The molecule has 4 aromatic carbocycles. The monoisotopic (exact) mass is 569 g/mol. The van der Waals surface area contributed by atoms with Crippen LogP contribution in [-0.4, -0.2) is 17.3 Å². The number of fused-ring (bicyclic) bond motifs is 6. The molecule has 2 heterocycles. The first-order valence-corrected chi connectivity index (χ1v) is 15.5. The number of hydrogen-bond acceptors (Lipinski definition) is 1. The maximum atomic E-state index is 7.12. The Labute approximate surface area is 254 Å². The average Bonchev–Trinajstić information content (AvgIpc) is 3.36. The van der Waals surface area contributed by atoms with Gasteiger partial charge in [-0.2, -0.15) is 4.58 Å². The van der Waals surface area contributed by atoms with Gasteiger partial charge in [0, 0.05) is 39.5 Å². The van der Waals surface area contributed by atoms with Crippen LogP contribution in [0.5, 0.6) is 0 Å². The van der Waals surface area contributed by atoms with Gasteiger partial charge in [-0.1, -0.05) is 92.2 Å². The molecule has 4 aromatic rings. The topological polar surface area (TPSA) is 15.0 Å². The van der Waals surface area contributed by atoms with E-state index in [0.717, 1.165) is 24.3 Å². The van der Waals surface area contributed by atoms with Crippen LogP contribution in [0.1, 0.15) is 58.1 Å². The molecule has 0 radical (unpaired) electrons. The molecule has 42 heavy (non-hydrogen) atoms. The van der Waals surface area contributed by atoms with E-state index in [2.05, 4.69) is 142 Å². The highest BCUT2D eigenvalue weighted by Crippen LogP contribution is 2.47. The van der Waals surface area contributed by atoms with Crippen molar-refractivity contribution in [3.63, 3.8) is 0 Å². The predicted molar refractivity (Wildman–Crippen MR) is 180 cm³/mol. The predicted octanol–water partition coefficient (Wildman–Crippen LogP) is 10.4. The Balaban J connectivity index is 1.20. The van der Waals surface area contributed by atoms with Gasteiger partial charge in [0.1, 0.15) is 7.05 Å². The molecular formula is C39H38ClN2+. The lowest BCUT2D eigenvalue weighted by Gasteiger charge is -2.22. The van der Waals surface area contributed by atoms with E-state index < -0.39 is 0 Å². The van der Waals surface area contributed by atoms with Crippen LogP contribution in [0, 0.1) is 0 Å². The molecule has 0 amide bonds. The van der Waals surface area contributed by atoms with Gasteiger partial charge < -0.3 is 5.32 Å². The third-order valence-electron chi connectivity index (χ3n) is 9.74. The number of rotatable bonds is 3. The highest BCUT2D eigenvalue weighted by molar-refractivity contribution is 6.32. The molecule has 0 unspecified atom stereocenters. The van der Waals surface area contributed by atoms with E-state index in [-0.39, 0.29) is 10.8 Å². The number of hydrogen-bond donors (Lipinski definition) is 1. The second-order valence-electron chi connectivity index (χ2n) is 13.0. The molecule has 0 fully saturated rings. The van der Waals surface area contributed by atoms with Crippen molar-refractivity contribution < 1.29 is 4.58 Å². The Morgan fingerprint density at radius 1 is 0.738 bits per heavy atom. The molecule has 0 atom stereocenters. The molecule has 1 N–H and O–H groups in total. The number of nitrogens with zero attached hydrogens (tertiary/aromatic N) is 1. The number of halogens is 1. The van der Waals surface area contributed by atoms with Crippen LogP contribution in [0.15, 0.2) is 119 Å². The molecule has 0 aromatic heterocycles. The van der Waals surface area contributed by atoms with Crippen molar-refractivity contribution >= 4 is 50.2 Å². The molecule has 3 aliphatic rings. The number of benzene rings is 4. The Kier molecular flexibility index (Phi) is 6.33. The minimum Gasteiger partial charge on any atom is -0.358 e. The van der Waals surface area contributed by atoms with Crippen LogP contribution in [0.2, 0.25) is 0 Å². The van der Waals surface area contributed by atoms with Gasteiger partial charge in [-0.15, -0.1) is 0 Å². The van der Waals surface area contributed by atoms with E-state index in [4.69, 9.17) is 11.6 Å². The number of allylic oxidation sites excluding steroid dienone is 8. The number of nitrogens with one attached hydrogen (secondary N) is 1. The summed E-state index contributed by atoms with van der Waals surface area (Å²) in [6.07, 6.45) is 12.2. The molecule has 0 saturated heterocycles. The molecule has 0 spiro atoms. The van der Waals surface area contributed by atoms with Crippen LogP contribution < -0.4 is 5.32 Å². The second kappa shape index (κ2) is 9.85. The molecule has 2 nitrogen and oxygen atoms in total. The van der Waals surface area contributed by atoms with Crippen molar-refractivity contribution in [1.82, 2.24) is 0 Å². The summed E-state index contributed by atoms with van der Waals surface area (Å²) in [6.45, 7) is 9.31. The molecule has 2 aliphatic heterocycles. The van der Waals surface area contributed by atoms with Gasteiger partial charge >= 0.3 is 0 Å². The first kappa shape index (κ1) is 27.0. The van der Waals surface area contributed by atoms with Gasteiger partial charge in [0.2, 0.25) is 5.69 Å². The summed E-state index contributed by atoms with van der Waals surface area (Å²) < 4.78 is 2.35. The summed E-state index contributed by atoms with van der Waals surface area (Å²) in [6, 6.07) is 26.3. The van der Waals surface area contributed by atoms with Crippen molar-refractivity contribution in [2.75, 3.05) is 12.4 Å². The van der Waals surface area contributed by atoms with Crippen molar-refractivity contribution in [3.05, 3.63) is 130 Å². The van der Waals surface area contributed by atoms with Gasteiger partial charge in [-0.05, 0) is 89.6 Å². The van der Waals surface area contributed by atoms with E-state index in [0.29, 0.717) is 0 Å². The van der Waals surface area contributed by atoms with E-state index >= 15 is 0 Å². The SMILES string of the molecule is C[N+]1=C(/C=C/C2=C(Cl)C(=C/C=C3/Nc4ccc5ccccc5c4C3(C)C)/CCC2)C(C)(C)c2c1ccc1ccccc21. The van der Waals surface area contributed by atoms with Crippen LogP contribution in [0.3, 0.4) is 0 Å². The largest absolute Gasteiger partial charge is 0.358 e. The third-order valence-corrected chi connectivity index (χ3v) is 10.2. The molecule has 0 saturated carbocycles. The summed E-state index contributed by atoms with van der Waals surface area (Å²) in [5.74, 6) is 0. The van der Waals surface area contributed by atoms with Crippen LogP contribution in [0.25, 0.3) is 21.5 Å². The minimum atomic E-state index is -0.116. The molecule has 0 bridgehead atoms. The molecule has 3 heteroatoms. The highest BCUT2D eigenvalue weighted by atomic mass is 35.5. The fraction of sp³-hybridized carbons (Fsp3) is 0.256. The fourth-order valence-electron chi connectivity index (χ4n) is 7.50.